The second kappa shape index (κ2) is 4.05. The molecule has 0 radical (unpaired) electrons. The van der Waals surface area contributed by atoms with Crippen LogP contribution in [0.3, 0.4) is 0 Å². The summed E-state index contributed by atoms with van der Waals surface area (Å²) >= 11 is 3.67. The predicted molar refractivity (Wildman–Crippen MR) is 61.6 cm³/mol. The maximum Gasteiger partial charge on any atom is 0.0521 e. The van der Waals surface area contributed by atoms with Crippen molar-refractivity contribution in [3.8, 4) is 0 Å². The van der Waals surface area contributed by atoms with Crippen molar-refractivity contribution in [3.05, 3.63) is 18.0 Å². The molecule has 0 unspecified atom stereocenters. The Bertz CT molecular complexity index is 300. The maximum absolute atomic E-state index is 4.23. The lowest BCUT2D eigenvalue weighted by molar-refractivity contribution is 0.346. The van der Waals surface area contributed by atoms with E-state index >= 15 is 0 Å². The molecule has 0 aliphatic heterocycles. The zero-order chi connectivity index (χ0) is 10.0. The van der Waals surface area contributed by atoms with Crippen molar-refractivity contribution in [2.45, 2.75) is 32.1 Å². The van der Waals surface area contributed by atoms with E-state index in [0.29, 0.717) is 5.41 Å². The largest absolute Gasteiger partial charge is 0.276 e. The predicted octanol–water partition coefficient (Wildman–Crippen LogP) is 2.92. The van der Waals surface area contributed by atoms with Gasteiger partial charge in [-0.3, -0.25) is 4.68 Å². The Kier molecular flexibility index (Phi) is 2.96. The lowest BCUT2D eigenvalue weighted by Crippen LogP contribution is -2.21. The van der Waals surface area contributed by atoms with Gasteiger partial charge in [0.1, 0.15) is 0 Å². The first-order chi connectivity index (χ1) is 6.74. The maximum atomic E-state index is 4.23. The Labute approximate surface area is 93.8 Å². The molecule has 1 heterocycles. The smallest absolute Gasteiger partial charge is 0.0521 e. The van der Waals surface area contributed by atoms with Crippen LogP contribution in [0, 0.1) is 5.41 Å². The fourth-order valence-electron chi connectivity index (χ4n) is 2.48. The van der Waals surface area contributed by atoms with E-state index in [2.05, 4.69) is 27.2 Å². The first kappa shape index (κ1) is 10.2. The van der Waals surface area contributed by atoms with Gasteiger partial charge in [0.25, 0.3) is 0 Å². The number of nitrogens with zero attached hydrogens (tertiary/aromatic N) is 2. The Hall–Kier alpha value is -0.310. The van der Waals surface area contributed by atoms with E-state index in [-0.39, 0.29) is 0 Å². The number of aryl methyl sites for hydroxylation is 1. The number of alkyl halides is 1. The molecule has 1 saturated carbocycles. The summed E-state index contributed by atoms with van der Waals surface area (Å²) in [7, 11) is 1.99. The van der Waals surface area contributed by atoms with Crippen LogP contribution in [-0.2, 0) is 13.5 Å². The molecule has 0 atom stereocenters. The lowest BCUT2D eigenvalue weighted by atomic mass is 9.83. The third kappa shape index (κ3) is 2.02. The standard InChI is InChI=1S/C11H17BrN2/c1-14-8-10(7-13-14)6-11(9-12)4-2-3-5-11/h7-8H,2-6,9H2,1H3. The minimum Gasteiger partial charge on any atom is -0.276 e. The molecule has 2 rings (SSSR count). The van der Waals surface area contributed by atoms with Gasteiger partial charge in [-0.05, 0) is 30.2 Å². The van der Waals surface area contributed by atoms with Crippen LogP contribution < -0.4 is 0 Å². The molecule has 0 aromatic carbocycles. The first-order valence-electron chi connectivity index (χ1n) is 5.28. The number of hydrogen-bond donors (Lipinski definition) is 0. The first-order valence-corrected chi connectivity index (χ1v) is 6.40. The number of aromatic nitrogens is 2. The topological polar surface area (TPSA) is 17.8 Å². The highest BCUT2D eigenvalue weighted by Crippen LogP contribution is 2.42. The molecule has 1 fully saturated rings. The summed E-state index contributed by atoms with van der Waals surface area (Å²) in [5.41, 5.74) is 1.90. The molecule has 3 heteroatoms. The van der Waals surface area contributed by atoms with Crippen molar-refractivity contribution in [2.75, 3.05) is 5.33 Å². The van der Waals surface area contributed by atoms with E-state index in [4.69, 9.17) is 0 Å². The Morgan fingerprint density at radius 1 is 1.50 bits per heavy atom. The van der Waals surface area contributed by atoms with E-state index in [1.54, 1.807) is 0 Å². The van der Waals surface area contributed by atoms with Crippen molar-refractivity contribution in [1.82, 2.24) is 9.78 Å². The molecule has 1 aliphatic carbocycles. The van der Waals surface area contributed by atoms with Gasteiger partial charge in [0.15, 0.2) is 0 Å². The fourth-order valence-corrected chi connectivity index (χ4v) is 3.24. The van der Waals surface area contributed by atoms with Gasteiger partial charge in [0.05, 0.1) is 6.20 Å². The molecule has 0 spiro atoms. The molecule has 0 N–H and O–H groups in total. The zero-order valence-electron chi connectivity index (χ0n) is 8.67. The molecule has 14 heavy (non-hydrogen) atoms. The highest BCUT2D eigenvalue weighted by Gasteiger charge is 2.32. The van der Waals surface area contributed by atoms with Gasteiger partial charge >= 0.3 is 0 Å². The average Bonchev–Trinajstić information content (AvgIpc) is 2.77. The Morgan fingerprint density at radius 2 is 2.21 bits per heavy atom. The van der Waals surface area contributed by atoms with Crippen molar-refractivity contribution >= 4 is 15.9 Å². The summed E-state index contributed by atoms with van der Waals surface area (Å²) in [5, 5.41) is 5.36. The van der Waals surface area contributed by atoms with Crippen LogP contribution in [0.25, 0.3) is 0 Å². The van der Waals surface area contributed by atoms with E-state index in [1.165, 1.54) is 37.7 Å². The summed E-state index contributed by atoms with van der Waals surface area (Å²) in [5.74, 6) is 0. The third-order valence-corrected chi connectivity index (χ3v) is 4.47. The van der Waals surface area contributed by atoms with E-state index in [1.807, 2.05) is 17.9 Å². The summed E-state index contributed by atoms with van der Waals surface area (Å²) in [6.45, 7) is 0. The number of rotatable bonds is 3. The second-order valence-corrected chi connectivity index (χ2v) is 5.10. The van der Waals surface area contributed by atoms with Crippen LogP contribution >= 0.6 is 15.9 Å². The van der Waals surface area contributed by atoms with Gasteiger partial charge < -0.3 is 0 Å². The van der Waals surface area contributed by atoms with Gasteiger partial charge in [-0.15, -0.1) is 0 Å². The van der Waals surface area contributed by atoms with E-state index < -0.39 is 0 Å². The minimum absolute atomic E-state index is 0.517. The monoisotopic (exact) mass is 256 g/mol. The SMILES string of the molecule is Cn1cc(CC2(CBr)CCCC2)cn1. The zero-order valence-corrected chi connectivity index (χ0v) is 10.3. The van der Waals surface area contributed by atoms with E-state index in [9.17, 15) is 0 Å². The fraction of sp³-hybridized carbons (Fsp3) is 0.727. The molecule has 0 amide bonds. The third-order valence-electron chi connectivity index (χ3n) is 3.29. The lowest BCUT2D eigenvalue weighted by Gasteiger charge is -2.25. The molecule has 2 nitrogen and oxygen atoms in total. The summed E-state index contributed by atoms with van der Waals surface area (Å²) < 4.78 is 1.90. The Morgan fingerprint density at radius 3 is 2.71 bits per heavy atom. The molecule has 78 valence electrons. The molecular formula is C11H17BrN2. The Balaban J connectivity index is 2.08. The molecule has 1 aliphatic rings. The second-order valence-electron chi connectivity index (χ2n) is 4.54. The van der Waals surface area contributed by atoms with Gasteiger partial charge in [-0.2, -0.15) is 5.10 Å². The van der Waals surface area contributed by atoms with Gasteiger partial charge in [-0.1, -0.05) is 28.8 Å². The van der Waals surface area contributed by atoms with Gasteiger partial charge in [-0.25, -0.2) is 0 Å². The van der Waals surface area contributed by atoms with Gasteiger partial charge in [0, 0.05) is 18.6 Å². The van der Waals surface area contributed by atoms with Crippen molar-refractivity contribution in [1.29, 1.82) is 0 Å². The molecule has 1 aromatic rings. The molecule has 1 aromatic heterocycles. The highest BCUT2D eigenvalue weighted by molar-refractivity contribution is 9.09. The van der Waals surface area contributed by atoms with Crippen LogP contribution in [0.5, 0.6) is 0 Å². The van der Waals surface area contributed by atoms with Crippen LogP contribution in [0.15, 0.2) is 12.4 Å². The van der Waals surface area contributed by atoms with Crippen LogP contribution in [-0.4, -0.2) is 15.1 Å². The minimum atomic E-state index is 0.517. The van der Waals surface area contributed by atoms with E-state index in [0.717, 1.165) is 5.33 Å². The van der Waals surface area contributed by atoms with Crippen LogP contribution in [0.4, 0.5) is 0 Å². The van der Waals surface area contributed by atoms with Crippen molar-refractivity contribution in [3.63, 3.8) is 0 Å². The number of halogens is 1. The molecular weight excluding hydrogens is 240 g/mol. The van der Waals surface area contributed by atoms with Crippen molar-refractivity contribution in [2.24, 2.45) is 12.5 Å². The summed E-state index contributed by atoms with van der Waals surface area (Å²) in [6.07, 6.45) is 10.9. The summed E-state index contributed by atoms with van der Waals surface area (Å²) in [4.78, 5) is 0. The average molecular weight is 257 g/mol. The number of hydrogen-bond acceptors (Lipinski definition) is 1. The van der Waals surface area contributed by atoms with Crippen molar-refractivity contribution < 1.29 is 0 Å². The normalized spacial score (nSPS) is 20.1. The van der Waals surface area contributed by atoms with Crippen LogP contribution in [0.2, 0.25) is 0 Å². The van der Waals surface area contributed by atoms with Gasteiger partial charge in [0.2, 0.25) is 0 Å². The quantitative estimate of drug-likeness (QED) is 0.761. The van der Waals surface area contributed by atoms with Crippen LogP contribution in [0.1, 0.15) is 31.2 Å². The molecule has 0 saturated heterocycles. The highest BCUT2D eigenvalue weighted by atomic mass is 79.9. The summed E-state index contributed by atoms with van der Waals surface area (Å²) in [6, 6.07) is 0. The molecule has 0 bridgehead atoms.